The van der Waals surface area contributed by atoms with Gasteiger partial charge in [0.25, 0.3) is 5.91 Å². The first-order valence-corrected chi connectivity index (χ1v) is 4.92. The summed E-state index contributed by atoms with van der Waals surface area (Å²) in [5.74, 6) is 0.798. The van der Waals surface area contributed by atoms with Gasteiger partial charge in [-0.15, -0.1) is 0 Å². The van der Waals surface area contributed by atoms with Crippen LogP contribution < -0.4 is 15.5 Å². The molecule has 1 heterocycles. The normalized spacial score (nSPS) is 15.2. The Bertz CT molecular complexity index is 468. The summed E-state index contributed by atoms with van der Waals surface area (Å²) in [7, 11) is 1.56. The van der Waals surface area contributed by atoms with Gasteiger partial charge in [0.1, 0.15) is 17.3 Å². The lowest BCUT2D eigenvalue weighted by atomic mass is 10.2. The van der Waals surface area contributed by atoms with Crippen LogP contribution in [0.3, 0.4) is 0 Å². The molecule has 0 bridgehead atoms. The highest BCUT2D eigenvalue weighted by molar-refractivity contribution is 6.12. The standard InChI is InChI=1S/C11H13N3O2/c1-7-3-4-9(16-2)8(5-7)14-11(15)6-10(12)13-14/h3-5H,6H2,1-2H3,(H2,12,13). The van der Waals surface area contributed by atoms with E-state index in [1.165, 1.54) is 5.01 Å². The van der Waals surface area contributed by atoms with Gasteiger partial charge in [-0.3, -0.25) is 4.79 Å². The molecule has 1 aliphatic heterocycles. The molecule has 1 aliphatic rings. The molecule has 0 spiro atoms. The minimum absolute atomic E-state index is 0.138. The summed E-state index contributed by atoms with van der Waals surface area (Å²) in [6.07, 6.45) is 0.164. The lowest BCUT2D eigenvalue weighted by Gasteiger charge is -2.15. The van der Waals surface area contributed by atoms with E-state index in [9.17, 15) is 4.79 Å². The van der Waals surface area contributed by atoms with Gasteiger partial charge in [0.05, 0.1) is 13.5 Å². The Morgan fingerprint density at radius 2 is 2.25 bits per heavy atom. The van der Waals surface area contributed by atoms with E-state index in [-0.39, 0.29) is 12.3 Å². The molecule has 0 saturated heterocycles. The first-order valence-electron chi connectivity index (χ1n) is 4.92. The number of amides is 1. The van der Waals surface area contributed by atoms with Crippen LogP contribution in [0.1, 0.15) is 12.0 Å². The van der Waals surface area contributed by atoms with Crippen LogP contribution in [0, 0.1) is 6.92 Å². The van der Waals surface area contributed by atoms with Gasteiger partial charge in [-0.2, -0.15) is 10.1 Å². The monoisotopic (exact) mass is 219 g/mol. The van der Waals surface area contributed by atoms with Gasteiger partial charge in [-0.25, -0.2) is 0 Å². The number of nitrogens with zero attached hydrogens (tertiary/aromatic N) is 2. The highest BCUT2D eigenvalue weighted by Gasteiger charge is 2.25. The fourth-order valence-corrected chi connectivity index (χ4v) is 1.60. The summed E-state index contributed by atoms with van der Waals surface area (Å²) in [5.41, 5.74) is 7.19. The minimum atomic E-state index is -0.138. The number of rotatable bonds is 2. The summed E-state index contributed by atoms with van der Waals surface area (Å²) in [4.78, 5) is 11.6. The van der Waals surface area contributed by atoms with E-state index in [4.69, 9.17) is 10.5 Å². The SMILES string of the molecule is COc1ccc(C)cc1N1N=C(N)CC1=O. The van der Waals surface area contributed by atoms with Crippen molar-refractivity contribution in [3.05, 3.63) is 23.8 Å². The smallest absolute Gasteiger partial charge is 0.255 e. The molecular weight excluding hydrogens is 206 g/mol. The molecule has 1 amide bonds. The fraction of sp³-hybridized carbons (Fsp3) is 0.273. The van der Waals surface area contributed by atoms with Crippen LogP contribution in [0.2, 0.25) is 0 Å². The second-order valence-electron chi connectivity index (χ2n) is 3.65. The summed E-state index contributed by atoms with van der Waals surface area (Å²) >= 11 is 0. The van der Waals surface area contributed by atoms with Crippen molar-refractivity contribution in [3.63, 3.8) is 0 Å². The van der Waals surface area contributed by atoms with Crippen LogP contribution in [0.25, 0.3) is 0 Å². The fourth-order valence-electron chi connectivity index (χ4n) is 1.60. The van der Waals surface area contributed by atoms with Crippen LogP contribution in [0.15, 0.2) is 23.3 Å². The van der Waals surface area contributed by atoms with Crippen LogP contribution >= 0.6 is 0 Å². The van der Waals surface area contributed by atoms with E-state index < -0.39 is 0 Å². The maximum atomic E-state index is 11.6. The molecule has 1 aromatic rings. The zero-order valence-corrected chi connectivity index (χ0v) is 9.23. The van der Waals surface area contributed by atoms with E-state index in [0.717, 1.165) is 5.56 Å². The van der Waals surface area contributed by atoms with Crippen LogP contribution in [-0.2, 0) is 4.79 Å². The van der Waals surface area contributed by atoms with Crippen molar-refractivity contribution in [2.24, 2.45) is 10.8 Å². The van der Waals surface area contributed by atoms with Gasteiger partial charge in [0.2, 0.25) is 0 Å². The largest absolute Gasteiger partial charge is 0.494 e. The lowest BCUT2D eigenvalue weighted by molar-refractivity contribution is -0.116. The average molecular weight is 219 g/mol. The van der Waals surface area contributed by atoms with Gasteiger partial charge in [-0.1, -0.05) is 6.07 Å². The molecule has 1 aromatic carbocycles. The number of anilines is 1. The predicted octanol–water partition coefficient (Wildman–Crippen LogP) is 1.01. The Balaban J connectivity index is 2.46. The zero-order chi connectivity index (χ0) is 11.7. The number of nitrogens with two attached hydrogens (primary N) is 1. The van der Waals surface area contributed by atoms with E-state index in [1.54, 1.807) is 7.11 Å². The Labute approximate surface area is 93.5 Å². The predicted molar refractivity (Wildman–Crippen MR) is 61.5 cm³/mol. The van der Waals surface area contributed by atoms with Crippen molar-refractivity contribution in [1.82, 2.24) is 0 Å². The van der Waals surface area contributed by atoms with Crippen molar-refractivity contribution in [3.8, 4) is 5.75 Å². The molecule has 16 heavy (non-hydrogen) atoms. The molecule has 0 radical (unpaired) electrons. The number of hydrogen-bond acceptors (Lipinski definition) is 4. The number of hydrogen-bond donors (Lipinski definition) is 1. The quantitative estimate of drug-likeness (QED) is 0.807. The molecule has 0 saturated carbocycles. The van der Waals surface area contributed by atoms with E-state index >= 15 is 0 Å². The van der Waals surface area contributed by atoms with E-state index in [2.05, 4.69) is 5.10 Å². The molecule has 0 aromatic heterocycles. The van der Waals surface area contributed by atoms with Gasteiger partial charge >= 0.3 is 0 Å². The second-order valence-corrected chi connectivity index (χ2v) is 3.65. The summed E-state index contributed by atoms with van der Waals surface area (Å²) < 4.78 is 5.19. The Morgan fingerprint density at radius 1 is 1.50 bits per heavy atom. The Kier molecular flexibility index (Phi) is 2.52. The minimum Gasteiger partial charge on any atom is -0.494 e. The molecule has 5 heteroatoms. The first-order chi connectivity index (χ1) is 7.61. The third-order valence-electron chi connectivity index (χ3n) is 2.36. The molecule has 0 aliphatic carbocycles. The number of aryl methyl sites for hydroxylation is 1. The van der Waals surface area contributed by atoms with Crippen molar-refractivity contribution in [2.45, 2.75) is 13.3 Å². The molecule has 0 unspecified atom stereocenters. The number of hydrazone groups is 1. The zero-order valence-electron chi connectivity index (χ0n) is 9.23. The third kappa shape index (κ3) is 1.71. The summed E-state index contributed by atoms with van der Waals surface area (Å²) in [6.45, 7) is 1.94. The molecule has 2 rings (SSSR count). The molecular formula is C11H13N3O2. The van der Waals surface area contributed by atoms with Gasteiger partial charge in [-0.05, 0) is 24.6 Å². The second kappa shape index (κ2) is 3.84. The lowest BCUT2D eigenvalue weighted by Crippen LogP contribution is -2.20. The Hall–Kier alpha value is -2.04. The first kappa shape index (κ1) is 10.5. The van der Waals surface area contributed by atoms with Gasteiger partial charge in [0, 0.05) is 0 Å². The van der Waals surface area contributed by atoms with Crippen LogP contribution in [0.4, 0.5) is 5.69 Å². The summed E-state index contributed by atoms with van der Waals surface area (Å²) in [6, 6.07) is 5.57. The highest BCUT2D eigenvalue weighted by atomic mass is 16.5. The maximum absolute atomic E-state index is 11.6. The van der Waals surface area contributed by atoms with Crippen molar-refractivity contribution in [2.75, 3.05) is 12.1 Å². The third-order valence-corrected chi connectivity index (χ3v) is 2.36. The van der Waals surface area contributed by atoms with Crippen LogP contribution in [0.5, 0.6) is 5.75 Å². The topological polar surface area (TPSA) is 67.9 Å². The Morgan fingerprint density at radius 3 is 2.81 bits per heavy atom. The maximum Gasteiger partial charge on any atom is 0.255 e. The number of benzene rings is 1. The van der Waals surface area contributed by atoms with E-state index in [1.807, 2.05) is 25.1 Å². The number of carbonyl (C=O) groups excluding carboxylic acids is 1. The van der Waals surface area contributed by atoms with Crippen molar-refractivity contribution >= 4 is 17.4 Å². The molecule has 84 valence electrons. The van der Waals surface area contributed by atoms with Crippen molar-refractivity contribution < 1.29 is 9.53 Å². The number of methoxy groups -OCH3 is 1. The van der Waals surface area contributed by atoms with Gasteiger partial charge < -0.3 is 10.5 Å². The molecule has 2 N–H and O–H groups in total. The van der Waals surface area contributed by atoms with E-state index in [0.29, 0.717) is 17.3 Å². The summed E-state index contributed by atoms with van der Waals surface area (Å²) in [5, 5.41) is 5.28. The average Bonchev–Trinajstić information content (AvgIpc) is 2.57. The molecule has 5 nitrogen and oxygen atoms in total. The van der Waals surface area contributed by atoms with Gasteiger partial charge in [0.15, 0.2) is 0 Å². The number of carbonyl (C=O) groups is 1. The molecule has 0 atom stereocenters. The number of amidine groups is 1. The molecule has 0 fully saturated rings. The highest BCUT2D eigenvalue weighted by Crippen LogP contribution is 2.31. The van der Waals surface area contributed by atoms with Crippen molar-refractivity contribution in [1.29, 1.82) is 0 Å². The number of ether oxygens (including phenoxy) is 1. The van der Waals surface area contributed by atoms with Crippen LogP contribution in [-0.4, -0.2) is 18.9 Å².